The van der Waals surface area contributed by atoms with E-state index in [0.29, 0.717) is 5.56 Å². The molecule has 2 amide bonds. The number of carboxylic acids is 1. The minimum Gasteiger partial charge on any atom is -0.548 e. The molecule has 3 aromatic rings. The van der Waals surface area contributed by atoms with Crippen LogP contribution in [-0.2, 0) is 16.0 Å². The summed E-state index contributed by atoms with van der Waals surface area (Å²) >= 11 is 0. The standard InChI is InChI=1S/C21H20N6O4/c1-12(24-20(29)15-7-3-5-9-17(15)26-27-22)19(28)25-18(21(30)31)10-13-11-23-16-8-4-2-6-14(13)16/h2-9,11-12,18,23H,10H2,1H3,(H,24,29)(H,25,28)(H,30,31)/p-1/t12-,18-/m0/s1. The molecule has 10 nitrogen and oxygen atoms in total. The molecule has 158 valence electrons. The number of azide groups is 1. The maximum absolute atomic E-state index is 12.5. The lowest BCUT2D eigenvalue weighted by Crippen LogP contribution is -2.54. The van der Waals surface area contributed by atoms with Crippen LogP contribution >= 0.6 is 0 Å². The topological polar surface area (TPSA) is 163 Å². The molecular weight excluding hydrogens is 400 g/mol. The van der Waals surface area contributed by atoms with Crippen LogP contribution in [0.25, 0.3) is 21.3 Å². The number of aliphatic carboxylic acids is 1. The zero-order valence-corrected chi connectivity index (χ0v) is 16.5. The number of fused-ring (bicyclic) bond motifs is 1. The second kappa shape index (κ2) is 9.47. The third kappa shape index (κ3) is 5.01. The van der Waals surface area contributed by atoms with E-state index in [2.05, 4.69) is 25.6 Å². The van der Waals surface area contributed by atoms with E-state index in [-0.39, 0.29) is 17.7 Å². The van der Waals surface area contributed by atoms with Crippen molar-refractivity contribution in [1.82, 2.24) is 15.6 Å². The minimum atomic E-state index is -1.44. The first kappa shape index (κ1) is 21.4. The Labute approximate surface area is 176 Å². The number of aromatic amines is 1. The SMILES string of the molecule is C[C@H](NC(=O)c1ccccc1N=[N+]=[N-])C(=O)N[C@@H](Cc1c[nH]c2ccccc12)C(=O)[O-]. The van der Waals surface area contributed by atoms with Gasteiger partial charge in [-0.3, -0.25) is 9.59 Å². The van der Waals surface area contributed by atoms with Crippen LogP contribution in [0.15, 0.2) is 59.8 Å². The molecule has 3 rings (SSSR count). The first-order valence-electron chi connectivity index (χ1n) is 9.42. The van der Waals surface area contributed by atoms with E-state index >= 15 is 0 Å². The Morgan fingerprint density at radius 1 is 1.13 bits per heavy atom. The summed E-state index contributed by atoms with van der Waals surface area (Å²) in [6.45, 7) is 1.42. The molecule has 10 heteroatoms. The number of H-pyrrole nitrogens is 1. The summed E-state index contributed by atoms with van der Waals surface area (Å²) in [5.74, 6) is -2.76. The van der Waals surface area contributed by atoms with Gasteiger partial charge in [-0.05, 0) is 30.2 Å². The molecule has 1 heterocycles. The summed E-state index contributed by atoms with van der Waals surface area (Å²) in [4.78, 5) is 42.3. The Hall–Kier alpha value is -4.30. The zero-order valence-electron chi connectivity index (χ0n) is 16.5. The molecule has 0 fully saturated rings. The number of nitrogens with one attached hydrogen (secondary N) is 3. The number of para-hydroxylation sites is 1. The van der Waals surface area contributed by atoms with Gasteiger partial charge in [0, 0.05) is 34.0 Å². The van der Waals surface area contributed by atoms with Crippen LogP contribution in [-0.4, -0.2) is 34.9 Å². The second-order valence-electron chi connectivity index (χ2n) is 6.85. The van der Waals surface area contributed by atoms with Gasteiger partial charge in [0.1, 0.15) is 6.04 Å². The Morgan fingerprint density at radius 2 is 1.84 bits per heavy atom. The number of benzene rings is 2. The molecule has 31 heavy (non-hydrogen) atoms. The van der Waals surface area contributed by atoms with Crippen LogP contribution in [0, 0.1) is 0 Å². The minimum absolute atomic E-state index is 0.0124. The van der Waals surface area contributed by atoms with E-state index in [1.807, 2.05) is 24.3 Å². The van der Waals surface area contributed by atoms with Gasteiger partial charge in [0.2, 0.25) is 5.91 Å². The molecular formula is C21H19N6O4-. The van der Waals surface area contributed by atoms with Crippen LogP contribution in [0.2, 0.25) is 0 Å². The predicted octanol–water partition coefficient (Wildman–Crippen LogP) is 1.71. The highest BCUT2D eigenvalue weighted by Gasteiger charge is 2.22. The molecule has 0 bridgehead atoms. The third-order valence-corrected chi connectivity index (χ3v) is 4.74. The highest BCUT2D eigenvalue weighted by atomic mass is 16.4. The van der Waals surface area contributed by atoms with Crippen LogP contribution in [0.3, 0.4) is 0 Å². The maximum Gasteiger partial charge on any atom is 0.252 e. The van der Waals surface area contributed by atoms with E-state index < -0.39 is 29.9 Å². The van der Waals surface area contributed by atoms with Crippen molar-refractivity contribution in [3.05, 3.63) is 76.3 Å². The summed E-state index contributed by atoms with van der Waals surface area (Å²) in [7, 11) is 0. The number of amides is 2. The lowest BCUT2D eigenvalue weighted by Gasteiger charge is -2.22. The molecule has 2 aromatic carbocycles. The molecule has 0 aliphatic rings. The first-order chi connectivity index (χ1) is 14.9. The molecule has 0 saturated carbocycles. The van der Waals surface area contributed by atoms with Gasteiger partial charge >= 0.3 is 0 Å². The van der Waals surface area contributed by atoms with E-state index in [1.54, 1.807) is 18.3 Å². The van der Waals surface area contributed by atoms with Gasteiger partial charge in [0.15, 0.2) is 0 Å². The first-order valence-corrected chi connectivity index (χ1v) is 9.42. The molecule has 3 N–H and O–H groups in total. The van der Waals surface area contributed by atoms with E-state index in [1.165, 1.54) is 19.1 Å². The fourth-order valence-electron chi connectivity index (χ4n) is 3.15. The van der Waals surface area contributed by atoms with Gasteiger partial charge in [0.05, 0.1) is 17.7 Å². The fraction of sp³-hybridized carbons (Fsp3) is 0.190. The molecule has 0 unspecified atom stereocenters. The van der Waals surface area contributed by atoms with Gasteiger partial charge in [-0.15, -0.1) is 0 Å². The summed E-state index contributed by atoms with van der Waals surface area (Å²) in [6, 6.07) is 11.2. The Balaban J connectivity index is 1.69. The Kier molecular flexibility index (Phi) is 6.54. The van der Waals surface area contributed by atoms with E-state index in [0.717, 1.165) is 10.9 Å². The zero-order chi connectivity index (χ0) is 22.4. The van der Waals surface area contributed by atoms with Gasteiger partial charge in [0.25, 0.3) is 5.91 Å². The van der Waals surface area contributed by atoms with E-state index in [4.69, 9.17) is 5.53 Å². The lowest BCUT2D eigenvalue weighted by atomic mass is 10.0. The number of hydrogen-bond donors (Lipinski definition) is 3. The van der Waals surface area contributed by atoms with Crippen molar-refractivity contribution in [1.29, 1.82) is 0 Å². The molecule has 1 aromatic heterocycles. The van der Waals surface area contributed by atoms with Crippen molar-refractivity contribution < 1.29 is 19.5 Å². The third-order valence-electron chi connectivity index (χ3n) is 4.74. The highest BCUT2D eigenvalue weighted by molar-refractivity contribution is 6.01. The quantitative estimate of drug-likeness (QED) is 0.288. The molecule has 0 aliphatic carbocycles. The van der Waals surface area contributed by atoms with Gasteiger partial charge in [-0.1, -0.05) is 41.5 Å². The number of aromatic nitrogens is 1. The van der Waals surface area contributed by atoms with Crippen molar-refractivity contribution in [3.8, 4) is 0 Å². The number of nitrogens with zero attached hydrogens (tertiary/aromatic N) is 3. The van der Waals surface area contributed by atoms with Crippen LogP contribution in [0.1, 0.15) is 22.8 Å². The number of carbonyl (C=O) groups is 3. The number of rotatable bonds is 8. The predicted molar refractivity (Wildman–Crippen MR) is 111 cm³/mol. The molecule has 0 spiro atoms. The number of hydrogen-bond acceptors (Lipinski definition) is 5. The van der Waals surface area contributed by atoms with Crippen LogP contribution in [0.5, 0.6) is 0 Å². The van der Waals surface area contributed by atoms with E-state index in [9.17, 15) is 19.5 Å². The molecule has 2 atom stereocenters. The monoisotopic (exact) mass is 419 g/mol. The number of carboxylic acid groups (broad SMARTS) is 1. The largest absolute Gasteiger partial charge is 0.548 e. The average molecular weight is 419 g/mol. The van der Waals surface area contributed by atoms with Crippen LogP contribution in [0.4, 0.5) is 5.69 Å². The molecule has 0 aliphatic heterocycles. The smallest absolute Gasteiger partial charge is 0.252 e. The van der Waals surface area contributed by atoms with Crippen molar-refractivity contribution >= 4 is 34.4 Å². The lowest BCUT2D eigenvalue weighted by molar-refractivity contribution is -0.308. The second-order valence-corrected chi connectivity index (χ2v) is 6.85. The Morgan fingerprint density at radius 3 is 2.58 bits per heavy atom. The average Bonchev–Trinajstić information content (AvgIpc) is 3.16. The normalized spacial score (nSPS) is 12.4. The summed E-state index contributed by atoms with van der Waals surface area (Å²) in [5.41, 5.74) is 10.4. The van der Waals surface area contributed by atoms with Crippen molar-refractivity contribution in [3.63, 3.8) is 0 Å². The molecule has 0 radical (unpaired) electrons. The Bertz CT molecular complexity index is 1180. The van der Waals surface area contributed by atoms with Crippen LogP contribution < -0.4 is 15.7 Å². The van der Waals surface area contributed by atoms with Gasteiger partial charge < -0.3 is 25.5 Å². The highest BCUT2D eigenvalue weighted by Crippen LogP contribution is 2.20. The van der Waals surface area contributed by atoms with Crippen molar-refractivity contribution in [2.24, 2.45) is 5.11 Å². The number of carbonyl (C=O) groups excluding carboxylic acids is 3. The fourth-order valence-corrected chi connectivity index (χ4v) is 3.15. The molecule has 0 saturated heterocycles. The van der Waals surface area contributed by atoms with Gasteiger partial charge in [-0.25, -0.2) is 0 Å². The van der Waals surface area contributed by atoms with Crippen molar-refractivity contribution in [2.75, 3.05) is 0 Å². The van der Waals surface area contributed by atoms with Crippen molar-refractivity contribution in [2.45, 2.75) is 25.4 Å². The van der Waals surface area contributed by atoms with Gasteiger partial charge in [-0.2, -0.15) is 0 Å². The summed E-state index contributed by atoms with van der Waals surface area (Å²) < 4.78 is 0. The maximum atomic E-state index is 12.5. The summed E-state index contributed by atoms with van der Waals surface area (Å²) in [6.07, 6.45) is 1.70. The summed E-state index contributed by atoms with van der Waals surface area (Å²) in [5, 5.41) is 20.8.